The van der Waals surface area contributed by atoms with E-state index in [-0.39, 0.29) is 65.4 Å². The molecule has 0 aromatic heterocycles. The summed E-state index contributed by atoms with van der Waals surface area (Å²) >= 11 is 0. The Kier molecular flexibility index (Phi) is 12.3. The van der Waals surface area contributed by atoms with E-state index in [1.807, 2.05) is 0 Å². The summed E-state index contributed by atoms with van der Waals surface area (Å²) in [5.41, 5.74) is 0. The second-order valence-electron chi connectivity index (χ2n) is 17.9. The molecule has 1 radical (unpaired) electrons. The van der Waals surface area contributed by atoms with Gasteiger partial charge in [0.05, 0.1) is 69.9 Å². The van der Waals surface area contributed by atoms with Gasteiger partial charge in [0.15, 0.2) is 0 Å². The summed E-state index contributed by atoms with van der Waals surface area (Å²) in [6.45, 7) is 0. The maximum absolute atomic E-state index is 13.7. The monoisotopic (exact) mass is 969 g/mol. The van der Waals surface area contributed by atoms with Crippen LogP contribution in [0.25, 0.3) is 0 Å². The van der Waals surface area contributed by atoms with Crippen molar-refractivity contribution < 1.29 is 59.8 Å². The van der Waals surface area contributed by atoms with Crippen molar-refractivity contribution in [3.63, 3.8) is 0 Å². The van der Waals surface area contributed by atoms with Gasteiger partial charge in [0.1, 0.15) is 20.6 Å². The summed E-state index contributed by atoms with van der Waals surface area (Å²) in [6, 6.07) is 0. The normalized spacial score (nSPS) is 50.2. The molecule has 18 nitrogen and oxygen atoms in total. The molecule has 4 aliphatic carbocycles. The van der Waals surface area contributed by atoms with Gasteiger partial charge in [-0.1, -0.05) is 38.5 Å². The smallest absolute Gasteiger partial charge is 0.748 e. The van der Waals surface area contributed by atoms with Crippen LogP contribution in [-0.2, 0) is 55.4 Å². The van der Waals surface area contributed by atoms with Crippen molar-refractivity contribution in [2.75, 3.05) is 0 Å². The zero-order chi connectivity index (χ0) is 39.7. The molecule has 4 saturated carbocycles. The molecule has 8 N–H and O–H groups in total. The maximum Gasteiger partial charge on any atom is 2.00 e. The van der Waals surface area contributed by atoms with E-state index >= 15 is 0 Å². The van der Waals surface area contributed by atoms with Gasteiger partial charge in [-0.05, 0) is 74.0 Å². The van der Waals surface area contributed by atoms with Crippen molar-refractivity contribution in [1.29, 1.82) is 0 Å². The third-order valence-corrected chi connectivity index (χ3v) is 22.1. The van der Waals surface area contributed by atoms with Crippen LogP contribution < -0.4 is 42.5 Å². The summed E-state index contributed by atoms with van der Waals surface area (Å²) < 4.78 is 133. The summed E-state index contributed by atoms with van der Waals surface area (Å²) in [7, 11) is -10.5. The molecular weight excluding hydrogens is 919 g/mol. The van der Waals surface area contributed by atoms with Crippen LogP contribution in [-0.4, -0.2) is 113 Å². The molecule has 0 aromatic carbocycles. The summed E-state index contributed by atoms with van der Waals surface area (Å²) in [5, 5.41) is 18.4. The van der Waals surface area contributed by atoms with Gasteiger partial charge in [0, 0.05) is 33.2 Å². The third kappa shape index (κ3) is 7.93. The molecule has 25 heteroatoms. The Balaban J connectivity index is 0.00000455. The van der Waals surface area contributed by atoms with Crippen LogP contribution in [0.3, 0.4) is 0 Å². The minimum atomic E-state index is -6.03. The van der Waals surface area contributed by atoms with Crippen LogP contribution in [0.4, 0.5) is 0 Å². The van der Waals surface area contributed by atoms with Gasteiger partial charge >= 0.3 is 17.1 Å². The van der Waals surface area contributed by atoms with Crippen molar-refractivity contribution in [1.82, 2.24) is 42.5 Å². The minimum Gasteiger partial charge on any atom is -0.748 e. The first-order chi connectivity index (χ1) is 26.3. The molecule has 9 fully saturated rings. The Bertz CT molecular complexity index is 1860. The second-order valence-corrected chi connectivity index (χ2v) is 26.6. The first kappa shape index (κ1) is 44.1. The quantitative estimate of drug-likeness (QED) is 0.0928. The van der Waals surface area contributed by atoms with Gasteiger partial charge in [0.25, 0.3) is 0 Å². The standard InChI is InChI=1S/C32H54Cl2N8O10S4.Cu/c33-53(43,44)21-19-20(22(55(47,48)49)24(56(50,51)52)23(21)54(34,45)46)32-41-30-18-12-6-4-10-16(18)28(39-30)37-26-14-8-2-1-7-13(14)25(35-26)36-27-15-9-3-5-11-17(15)29(38-27)40-31(19)42-32;/h13-32,35-42H,1-12H2,(H,47,48,49)(H,50,51,52);/q;+2/p-2. The Labute approximate surface area is 354 Å². The molecular formula is C32H52Cl2CuN8O10S4. The molecule has 20 atom stereocenters. The Morgan fingerprint density at radius 3 is 0.825 bits per heavy atom. The largest absolute Gasteiger partial charge is 2.00 e. The molecule has 329 valence electrons. The SMILES string of the molecule is O=S(=O)([O-])C1C2C3NC4NC(NC5NC(NC6NC(NC(N3)C2C(S(=O)(=O)Cl)C(S(=O)(=O)Cl)C1S(=O)(=O)[O-])C1CCCCC61)C1CCCCC51)C1CCCCC41.[Cu+2]. The third-order valence-electron chi connectivity index (χ3n) is 15.3. The number of rotatable bonds is 4. The van der Waals surface area contributed by atoms with E-state index in [2.05, 4.69) is 42.5 Å². The first-order valence-corrected chi connectivity index (χ1v) is 27.8. The molecule has 0 spiro atoms. The van der Waals surface area contributed by atoms with E-state index in [1.54, 1.807) is 0 Å². The Morgan fingerprint density at radius 1 is 0.351 bits per heavy atom. The van der Waals surface area contributed by atoms with Crippen molar-refractivity contribution in [2.45, 2.75) is 147 Å². The molecule has 0 amide bonds. The topological polar surface area (TPSA) is 279 Å². The second kappa shape index (κ2) is 15.9. The van der Waals surface area contributed by atoms with E-state index in [0.29, 0.717) is 11.8 Å². The maximum atomic E-state index is 13.7. The molecule has 5 heterocycles. The fourth-order valence-corrected chi connectivity index (χ4v) is 22.4. The summed E-state index contributed by atoms with van der Waals surface area (Å²) in [4.78, 5) is 0. The van der Waals surface area contributed by atoms with E-state index in [1.165, 1.54) is 0 Å². The fraction of sp³-hybridized carbons (Fsp3) is 1.00. The number of hydrogen-bond donors (Lipinski definition) is 8. The van der Waals surface area contributed by atoms with Gasteiger partial charge in [0.2, 0.25) is 18.1 Å². The molecule has 5 saturated heterocycles. The van der Waals surface area contributed by atoms with Crippen molar-refractivity contribution in [3.05, 3.63) is 0 Å². The Morgan fingerprint density at radius 2 is 0.579 bits per heavy atom. The van der Waals surface area contributed by atoms with Crippen molar-refractivity contribution in [3.8, 4) is 0 Å². The van der Waals surface area contributed by atoms with E-state index in [9.17, 15) is 42.8 Å². The first-order valence-electron chi connectivity index (χ1n) is 20.2. The van der Waals surface area contributed by atoms with E-state index in [0.717, 1.165) is 77.0 Å². The zero-order valence-corrected chi connectivity index (χ0v) is 36.5. The van der Waals surface area contributed by atoms with E-state index < -0.39 is 95.8 Å². The van der Waals surface area contributed by atoms with Gasteiger partial charge in [-0.25, -0.2) is 33.7 Å². The predicted molar refractivity (Wildman–Crippen MR) is 203 cm³/mol. The molecule has 8 bridgehead atoms. The van der Waals surface area contributed by atoms with Gasteiger partial charge < -0.3 is 9.11 Å². The number of hydrogen-bond acceptors (Lipinski definition) is 18. The van der Waals surface area contributed by atoms with Crippen LogP contribution in [0.2, 0.25) is 0 Å². The van der Waals surface area contributed by atoms with Crippen LogP contribution in [0.15, 0.2) is 0 Å². The number of nitrogens with one attached hydrogen (secondary N) is 8. The number of halogens is 2. The fourth-order valence-electron chi connectivity index (χ4n) is 13.3. The molecule has 0 aromatic rings. The van der Waals surface area contributed by atoms with Gasteiger partial charge in [-0.3, -0.25) is 42.5 Å². The zero-order valence-electron chi connectivity index (χ0n) is 30.8. The average molecular weight is 972 g/mol. The van der Waals surface area contributed by atoms with Gasteiger partial charge in [-0.15, -0.1) is 0 Å². The molecule has 20 unspecified atom stereocenters. The summed E-state index contributed by atoms with van der Waals surface area (Å²) in [6.07, 6.45) is 7.82. The van der Waals surface area contributed by atoms with Crippen molar-refractivity contribution in [2.24, 2.45) is 47.3 Å². The van der Waals surface area contributed by atoms with Crippen molar-refractivity contribution >= 4 is 59.7 Å². The molecule has 9 aliphatic rings. The van der Waals surface area contributed by atoms with Gasteiger partial charge in [-0.2, -0.15) is 0 Å². The molecule has 57 heavy (non-hydrogen) atoms. The molecule has 9 rings (SSSR count). The summed E-state index contributed by atoms with van der Waals surface area (Å²) in [5.74, 6) is -2.31. The van der Waals surface area contributed by atoms with Crippen LogP contribution >= 0.6 is 21.4 Å². The van der Waals surface area contributed by atoms with Crippen LogP contribution in [0, 0.1) is 47.3 Å². The van der Waals surface area contributed by atoms with E-state index in [4.69, 9.17) is 21.4 Å². The number of fused-ring (bicyclic) bond motifs is 20. The van der Waals surface area contributed by atoms with Crippen LogP contribution in [0.5, 0.6) is 0 Å². The van der Waals surface area contributed by atoms with Crippen LogP contribution in [0.1, 0.15) is 77.0 Å². The molecule has 5 aliphatic heterocycles. The predicted octanol–water partition coefficient (Wildman–Crippen LogP) is -1.26. The average Bonchev–Trinajstić information content (AvgIpc) is 3.84. The Hall–Kier alpha value is 0.499. The minimum absolute atomic E-state index is 0.